The van der Waals surface area contributed by atoms with Gasteiger partial charge in [-0.15, -0.1) is 0 Å². The van der Waals surface area contributed by atoms with Gasteiger partial charge in [0.1, 0.15) is 5.82 Å². The Morgan fingerprint density at radius 2 is 2.38 bits per heavy atom. The van der Waals surface area contributed by atoms with E-state index in [1.54, 1.807) is 0 Å². The highest BCUT2D eigenvalue weighted by Gasteiger charge is 2.09. The highest BCUT2D eigenvalue weighted by atomic mass is 127. The lowest BCUT2D eigenvalue weighted by Crippen LogP contribution is -2.26. The van der Waals surface area contributed by atoms with Crippen LogP contribution in [0.15, 0.2) is 23.3 Å². The van der Waals surface area contributed by atoms with E-state index in [-0.39, 0.29) is 24.8 Å². The molecule has 0 aliphatic carbocycles. The zero-order chi connectivity index (χ0) is 12.0. The van der Waals surface area contributed by atoms with Crippen LogP contribution in [0.5, 0.6) is 0 Å². The van der Waals surface area contributed by atoms with Gasteiger partial charge in [0.15, 0.2) is 0 Å². The van der Waals surface area contributed by atoms with Crippen molar-refractivity contribution in [3.05, 3.63) is 43.6 Å². The summed E-state index contributed by atoms with van der Waals surface area (Å²) < 4.78 is 13.3. The van der Waals surface area contributed by atoms with E-state index in [2.05, 4.69) is 15.3 Å². The van der Waals surface area contributed by atoms with Gasteiger partial charge in [-0.3, -0.25) is 4.79 Å². The highest BCUT2D eigenvalue weighted by molar-refractivity contribution is 14.1. The van der Waals surface area contributed by atoms with Gasteiger partial charge in [-0.05, 0) is 46.3 Å². The van der Waals surface area contributed by atoms with E-state index < -0.39 is 0 Å². The van der Waals surface area contributed by atoms with E-state index in [0.717, 1.165) is 0 Å². The van der Waals surface area contributed by atoms with Crippen molar-refractivity contribution in [1.82, 2.24) is 5.32 Å². The fourth-order valence-corrected chi connectivity index (χ4v) is 1.76. The molecule has 0 saturated heterocycles. The molecule has 0 fully saturated rings. The van der Waals surface area contributed by atoms with E-state index in [0.29, 0.717) is 9.13 Å². The van der Waals surface area contributed by atoms with Gasteiger partial charge in [0, 0.05) is 21.6 Å². The number of hydrogen-bond acceptors (Lipinski definition) is 2. The summed E-state index contributed by atoms with van der Waals surface area (Å²) >= 11 is 1.89. The Morgan fingerprint density at radius 3 is 3.00 bits per heavy atom. The first-order chi connectivity index (χ1) is 7.65. The van der Waals surface area contributed by atoms with Gasteiger partial charge in [0.2, 0.25) is 0 Å². The minimum absolute atomic E-state index is 0.194. The molecule has 0 atom stereocenters. The average Bonchev–Trinajstić information content (AvgIpc) is 2.24. The predicted octanol–water partition coefficient (Wildman–Crippen LogP) is 2.47. The number of hydrogen-bond donors (Lipinski definition) is 1. The molecule has 1 aromatic carbocycles. The Kier molecular flexibility index (Phi) is 5.00. The standard InChI is InChI=1S/C9H8FIN4O/c10-6-1-2-7(8(11)5-6)9(16)13-3-4-14-15-12/h1-2,5H,3-4H2,(H,13,16). The van der Waals surface area contributed by atoms with Crippen molar-refractivity contribution in [3.63, 3.8) is 0 Å². The number of nitrogens with one attached hydrogen (secondary N) is 1. The Labute approximate surface area is 105 Å². The molecule has 0 bridgehead atoms. The van der Waals surface area contributed by atoms with Crippen molar-refractivity contribution in [1.29, 1.82) is 0 Å². The SMILES string of the molecule is [N-]=[N+]=NCCNC(=O)c1ccc(F)cc1I. The van der Waals surface area contributed by atoms with Crippen LogP contribution >= 0.6 is 22.6 Å². The second-order valence-electron chi connectivity index (χ2n) is 2.83. The molecule has 1 aromatic rings. The van der Waals surface area contributed by atoms with E-state index in [1.165, 1.54) is 18.2 Å². The summed E-state index contributed by atoms with van der Waals surface area (Å²) in [4.78, 5) is 14.1. The molecular weight excluding hydrogens is 326 g/mol. The zero-order valence-corrected chi connectivity index (χ0v) is 10.3. The maximum atomic E-state index is 12.8. The largest absolute Gasteiger partial charge is 0.352 e. The van der Waals surface area contributed by atoms with Gasteiger partial charge >= 0.3 is 0 Å². The van der Waals surface area contributed by atoms with E-state index in [4.69, 9.17) is 5.53 Å². The number of carbonyl (C=O) groups excluding carboxylic acids is 1. The molecule has 16 heavy (non-hydrogen) atoms. The molecule has 1 rings (SSSR count). The second kappa shape index (κ2) is 6.29. The van der Waals surface area contributed by atoms with Crippen LogP contribution < -0.4 is 5.32 Å². The monoisotopic (exact) mass is 334 g/mol. The maximum absolute atomic E-state index is 12.8. The van der Waals surface area contributed by atoms with Crippen LogP contribution in [-0.2, 0) is 0 Å². The minimum atomic E-state index is -0.380. The van der Waals surface area contributed by atoms with Crippen LogP contribution in [-0.4, -0.2) is 19.0 Å². The number of benzene rings is 1. The van der Waals surface area contributed by atoms with Crippen LogP contribution in [0, 0.1) is 9.39 Å². The average molecular weight is 334 g/mol. The molecule has 1 N–H and O–H groups in total. The number of nitrogens with zero attached hydrogens (tertiary/aromatic N) is 3. The van der Waals surface area contributed by atoms with Crippen molar-refractivity contribution in [2.24, 2.45) is 5.11 Å². The van der Waals surface area contributed by atoms with Crippen molar-refractivity contribution in [2.75, 3.05) is 13.1 Å². The lowest BCUT2D eigenvalue weighted by Gasteiger charge is -2.05. The minimum Gasteiger partial charge on any atom is -0.352 e. The van der Waals surface area contributed by atoms with Gasteiger partial charge in [-0.2, -0.15) is 0 Å². The molecule has 0 aromatic heterocycles. The zero-order valence-electron chi connectivity index (χ0n) is 8.15. The molecular formula is C9H8FIN4O. The number of rotatable bonds is 4. The smallest absolute Gasteiger partial charge is 0.252 e. The first-order valence-electron chi connectivity index (χ1n) is 4.39. The molecule has 84 valence electrons. The van der Waals surface area contributed by atoms with Crippen LogP contribution in [0.25, 0.3) is 10.4 Å². The maximum Gasteiger partial charge on any atom is 0.252 e. The Balaban J connectivity index is 2.62. The molecule has 7 heteroatoms. The molecule has 0 unspecified atom stereocenters. The summed E-state index contributed by atoms with van der Waals surface area (Å²) in [5.41, 5.74) is 8.43. The second-order valence-corrected chi connectivity index (χ2v) is 4.00. The van der Waals surface area contributed by atoms with E-state index >= 15 is 0 Å². The van der Waals surface area contributed by atoms with Crippen LogP contribution in [0.4, 0.5) is 4.39 Å². The van der Waals surface area contributed by atoms with Crippen molar-refractivity contribution >= 4 is 28.5 Å². The lowest BCUT2D eigenvalue weighted by molar-refractivity contribution is 0.0954. The van der Waals surface area contributed by atoms with Crippen molar-refractivity contribution < 1.29 is 9.18 Å². The summed E-state index contributed by atoms with van der Waals surface area (Å²) in [5, 5.41) is 5.84. The summed E-state index contributed by atoms with van der Waals surface area (Å²) in [6.07, 6.45) is 0. The third kappa shape index (κ3) is 3.67. The van der Waals surface area contributed by atoms with Crippen LogP contribution in [0.3, 0.4) is 0 Å². The van der Waals surface area contributed by atoms with Gasteiger partial charge in [-0.25, -0.2) is 4.39 Å². The van der Waals surface area contributed by atoms with E-state index in [1.807, 2.05) is 22.6 Å². The molecule has 1 amide bonds. The van der Waals surface area contributed by atoms with Crippen molar-refractivity contribution in [3.8, 4) is 0 Å². The number of carbonyl (C=O) groups is 1. The first kappa shape index (κ1) is 12.7. The number of azide groups is 1. The molecule has 0 aliphatic rings. The fraction of sp³-hybridized carbons (Fsp3) is 0.222. The third-order valence-electron chi connectivity index (χ3n) is 1.74. The Morgan fingerprint density at radius 1 is 1.62 bits per heavy atom. The fourth-order valence-electron chi connectivity index (χ4n) is 1.03. The lowest BCUT2D eigenvalue weighted by atomic mass is 10.2. The summed E-state index contributed by atoms with van der Waals surface area (Å²) in [6, 6.07) is 3.92. The first-order valence-corrected chi connectivity index (χ1v) is 5.47. The molecule has 5 nitrogen and oxygen atoms in total. The molecule has 0 radical (unpaired) electrons. The third-order valence-corrected chi connectivity index (χ3v) is 2.63. The molecule has 0 heterocycles. The highest BCUT2D eigenvalue weighted by Crippen LogP contribution is 2.13. The van der Waals surface area contributed by atoms with Crippen LogP contribution in [0.2, 0.25) is 0 Å². The van der Waals surface area contributed by atoms with Gasteiger partial charge in [-0.1, -0.05) is 5.11 Å². The molecule has 0 saturated carbocycles. The topological polar surface area (TPSA) is 77.9 Å². The normalized spacial score (nSPS) is 9.38. The quantitative estimate of drug-likeness (QED) is 0.297. The van der Waals surface area contributed by atoms with E-state index in [9.17, 15) is 9.18 Å². The number of amides is 1. The van der Waals surface area contributed by atoms with Gasteiger partial charge in [0.25, 0.3) is 5.91 Å². The summed E-state index contributed by atoms with van der Waals surface area (Å²) in [5.74, 6) is -0.687. The van der Waals surface area contributed by atoms with Crippen LogP contribution in [0.1, 0.15) is 10.4 Å². The number of halogens is 2. The molecule has 0 aliphatic heterocycles. The summed E-state index contributed by atoms with van der Waals surface area (Å²) in [6.45, 7) is 0.455. The molecule has 0 spiro atoms. The van der Waals surface area contributed by atoms with Crippen molar-refractivity contribution in [2.45, 2.75) is 0 Å². The summed E-state index contributed by atoms with van der Waals surface area (Å²) in [7, 11) is 0. The van der Waals surface area contributed by atoms with Gasteiger partial charge < -0.3 is 5.32 Å². The Bertz CT molecular complexity index is 445. The Hall–Kier alpha value is -1.34. The van der Waals surface area contributed by atoms with Gasteiger partial charge in [0.05, 0.1) is 5.56 Å². The predicted molar refractivity (Wildman–Crippen MR) is 65.5 cm³/mol.